The number of likely N-dealkylation sites (tertiary alicyclic amines) is 1. The van der Waals surface area contributed by atoms with Crippen molar-refractivity contribution < 1.29 is 13.9 Å². The molecule has 2 fully saturated rings. The molecule has 2 aliphatic rings. The summed E-state index contributed by atoms with van der Waals surface area (Å²) in [5.74, 6) is 0.648. The van der Waals surface area contributed by atoms with Crippen molar-refractivity contribution >= 4 is 5.91 Å². The Labute approximate surface area is 135 Å². The number of H-pyrrole nitrogens is 1. The summed E-state index contributed by atoms with van der Waals surface area (Å²) in [5.41, 5.74) is 0. The molecular weight excluding hydrogens is 298 g/mol. The van der Waals surface area contributed by atoms with Gasteiger partial charge in [0.1, 0.15) is 6.61 Å². The number of amides is 1. The molecule has 1 aliphatic carbocycles. The lowest BCUT2D eigenvalue weighted by molar-refractivity contribution is -0.141. The van der Waals surface area contributed by atoms with Crippen molar-refractivity contribution in [1.29, 1.82) is 0 Å². The van der Waals surface area contributed by atoms with E-state index >= 15 is 0 Å². The molecule has 1 N–H and O–H groups in total. The van der Waals surface area contributed by atoms with Crippen LogP contribution in [0.25, 0.3) is 0 Å². The van der Waals surface area contributed by atoms with E-state index < -0.39 is 5.76 Å². The monoisotopic (exact) mass is 323 g/mol. The second-order valence-electron chi connectivity index (χ2n) is 6.72. The van der Waals surface area contributed by atoms with Crippen molar-refractivity contribution in [3.05, 3.63) is 16.4 Å². The second kappa shape index (κ2) is 7.29. The zero-order chi connectivity index (χ0) is 16.2. The molecule has 2 unspecified atom stereocenters. The van der Waals surface area contributed by atoms with Gasteiger partial charge in [-0.3, -0.25) is 4.79 Å². The zero-order valence-corrected chi connectivity index (χ0v) is 13.6. The van der Waals surface area contributed by atoms with Crippen LogP contribution in [0.1, 0.15) is 57.3 Å². The Bertz CT molecular complexity index is 574. The Morgan fingerprint density at radius 3 is 2.70 bits per heavy atom. The summed E-state index contributed by atoms with van der Waals surface area (Å²) in [4.78, 5) is 25.1. The average Bonchev–Trinajstić information content (AvgIpc) is 3.00. The van der Waals surface area contributed by atoms with Crippen LogP contribution in [0, 0.1) is 5.92 Å². The van der Waals surface area contributed by atoms with Gasteiger partial charge in [0, 0.05) is 19.0 Å². The van der Waals surface area contributed by atoms with Crippen LogP contribution in [0.2, 0.25) is 0 Å². The number of ether oxygens (including phenoxy) is 1. The third kappa shape index (κ3) is 4.02. The van der Waals surface area contributed by atoms with Gasteiger partial charge in [-0.05, 0) is 31.6 Å². The fourth-order valence-electron chi connectivity index (χ4n) is 3.59. The number of aromatic nitrogens is 2. The normalized spacial score (nSPS) is 26.4. The lowest BCUT2D eigenvalue weighted by Crippen LogP contribution is -2.41. The number of rotatable bonds is 4. The van der Waals surface area contributed by atoms with E-state index in [9.17, 15) is 9.59 Å². The Morgan fingerprint density at radius 1 is 1.30 bits per heavy atom. The Kier molecular flexibility index (Phi) is 5.15. The predicted octanol–water partition coefficient (Wildman–Crippen LogP) is 1.66. The third-order valence-electron chi connectivity index (χ3n) is 5.11. The highest BCUT2D eigenvalue weighted by Crippen LogP contribution is 2.27. The molecule has 0 bridgehead atoms. The minimum atomic E-state index is -0.520. The highest BCUT2D eigenvalue weighted by atomic mass is 16.5. The van der Waals surface area contributed by atoms with Gasteiger partial charge in [-0.2, -0.15) is 0 Å². The quantitative estimate of drug-likeness (QED) is 0.910. The van der Waals surface area contributed by atoms with E-state index in [0.29, 0.717) is 24.9 Å². The maximum Gasteiger partial charge on any atom is 0.434 e. The summed E-state index contributed by atoms with van der Waals surface area (Å²) < 4.78 is 10.9. The molecule has 1 amide bonds. The highest BCUT2D eigenvalue weighted by molar-refractivity contribution is 5.77. The number of nitrogens with zero attached hydrogens (tertiary/aromatic N) is 2. The van der Waals surface area contributed by atoms with Gasteiger partial charge < -0.3 is 14.1 Å². The van der Waals surface area contributed by atoms with Gasteiger partial charge in [-0.15, -0.1) is 5.10 Å². The van der Waals surface area contributed by atoms with E-state index in [1.807, 2.05) is 4.90 Å². The van der Waals surface area contributed by atoms with Gasteiger partial charge >= 0.3 is 5.76 Å². The number of aromatic amines is 1. The molecule has 1 aromatic heterocycles. The van der Waals surface area contributed by atoms with E-state index in [2.05, 4.69) is 17.1 Å². The van der Waals surface area contributed by atoms with E-state index in [4.69, 9.17) is 9.15 Å². The number of hydrogen-bond acceptors (Lipinski definition) is 5. The summed E-state index contributed by atoms with van der Waals surface area (Å²) in [5, 5.41) is 6.17. The van der Waals surface area contributed by atoms with Gasteiger partial charge in [0.15, 0.2) is 0 Å². The van der Waals surface area contributed by atoms with Crippen LogP contribution in [0.5, 0.6) is 0 Å². The van der Waals surface area contributed by atoms with Gasteiger partial charge in [0.2, 0.25) is 11.8 Å². The Hall–Kier alpha value is -1.63. The Morgan fingerprint density at radius 2 is 2.04 bits per heavy atom. The van der Waals surface area contributed by atoms with Crippen molar-refractivity contribution in [1.82, 2.24) is 15.1 Å². The second-order valence-corrected chi connectivity index (χ2v) is 6.72. The van der Waals surface area contributed by atoms with E-state index in [-0.39, 0.29) is 24.5 Å². The molecule has 0 aromatic carbocycles. The zero-order valence-electron chi connectivity index (χ0n) is 13.6. The van der Waals surface area contributed by atoms with Gasteiger partial charge in [0.05, 0.1) is 6.10 Å². The molecule has 1 saturated heterocycles. The smallest absolute Gasteiger partial charge is 0.392 e. The van der Waals surface area contributed by atoms with Crippen molar-refractivity contribution in [2.75, 3.05) is 19.7 Å². The third-order valence-corrected chi connectivity index (χ3v) is 5.11. The Balaban J connectivity index is 1.44. The lowest BCUT2D eigenvalue weighted by Gasteiger charge is -2.32. The molecule has 0 spiro atoms. The molecule has 1 aliphatic heterocycles. The summed E-state index contributed by atoms with van der Waals surface area (Å²) >= 11 is 0. The maximum absolute atomic E-state index is 12.3. The number of carbonyl (C=O) groups is 1. The predicted molar refractivity (Wildman–Crippen MR) is 83.1 cm³/mol. The molecule has 2 heterocycles. The topological polar surface area (TPSA) is 88.4 Å². The summed E-state index contributed by atoms with van der Waals surface area (Å²) in [6, 6.07) is 0. The highest BCUT2D eigenvalue weighted by Gasteiger charge is 2.28. The average molecular weight is 323 g/mol. The first-order chi connectivity index (χ1) is 11.1. The van der Waals surface area contributed by atoms with Crippen LogP contribution in [0.15, 0.2) is 9.21 Å². The van der Waals surface area contributed by atoms with Gasteiger partial charge in [-0.25, -0.2) is 9.89 Å². The van der Waals surface area contributed by atoms with E-state index in [1.165, 1.54) is 19.3 Å². The van der Waals surface area contributed by atoms with E-state index in [1.54, 1.807) is 0 Å². The molecule has 0 radical (unpaired) electrons. The first-order valence-corrected chi connectivity index (χ1v) is 8.58. The molecule has 1 aromatic rings. The van der Waals surface area contributed by atoms with E-state index in [0.717, 1.165) is 19.3 Å². The summed E-state index contributed by atoms with van der Waals surface area (Å²) in [7, 11) is 0. The van der Waals surface area contributed by atoms with Crippen molar-refractivity contribution in [3.8, 4) is 0 Å². The molecule has 3 rings (SSSR count). The molecule has 2 atom stereocenters. The minimum Gasteiger partial charge on any atom is -0.392 e. The first kappa shape index (κ1) is 16.2. The number of carbonyl (C=O) groups excluding carboxylic acids is 1. The van der Waals surface area contributed by atoms with Crippen molar-refractivity contribution in [2.45, 2.75) is 57.5 Å². The minimum absolute atomic E-state index is 0.0599. The molecule has 128 valence electrons. The number of hydrogen-bond donors (Lipinski definition) is 1. The molecule has 7 nitrogen and oxygen atoms in total. The summed E-state index contributed by atoms with van der Waals surface area (Å²) in [6.07, 6.45) is 6.48. The largest absolute Gasteiger partial charge is 0.434 e. The van der Waals surface area contributed by atoms with Crippen LogP contribution in [-0.4, -0.2) is 46.8 Å². The summed E-state index contributed by atoms with van der Waals surface area (Å²) in [6.45, 7) is 3.70. The molecular formula is C16H25N3O4. The first-order valence-electron chi connectivity index (χ1n) is 8.58. The molecule has 7 heteroatoms. The van der Waals surface area contributed by atoms with Crippen LogP contribution >= 0.6 is 0 Å². The van der Waals surface area contributed by atoms with Crippen molar-refractivity contribution in [3.63, 3.8) is 0 Å². The van der Waals surface area contributed by atoms with Gasteiger partial charge in [0.25, 0.3) is 0 Å². The lowest BCUT2D eigenvalue weighted by atomic mass is 9.88. The maximum atomic E-state index is 12.3. The molecule has 23 heavy (non-hydrogen) atoms. The number of piperidine rings is 1. The molecule has 1 saturated carbocycles. The van der Waals surface area contributed by atoms with Crippen LogP contribution in [0.3, 0.4) is 0 Å². The standard InChI is InChI=1S/C16H25N3O4/c1-11-4-2-3-5-13(11)22-10-14(20)19-8-6-12(7-9-19)15-17-18-16(21)23-15/h11-13H,2-10H2,1H3,(H,18,21). The van der Waals surface area contributed by atoms with Gasteiger partial charge in [-0.1, -0.05) is 19.8 Å². The van der Waals surface area contributed by atoms with Crippen LogP contribution in [-0.2, 0) is 9.53 Å². The fraction of sp³-hybridized carbons (Fsp3) is 0.812. The number of nitrogens with one attached hydrogen (secondary N) is 1. The fourth-order valence-corrected chi connectivity index (χ4v) is 3.59. The van der Waals surface area contributed by atoms with Crippen LogP contribution < -0.4 is 5.76 Å². The van der Waals surface area contributed by atoms with Crippen molar-refractivity contribution in [2.24, 2.45) is 5.92 Å². The SMILES string of the molecule is CC1CCCCC1OCC(=O)N1CCC(c2n[nH]c(=O)o2)CC1. The van der Waals surface area contributed by atoms with Crippen LogP contribution in [0.4, 0.5) is 0 Å².